The predicted octanol–water partition coefficient (Wildman–Crippen LogP) is 12.7. The molecule has 50 heavy (non-hydrogen) atoms. The second kappa shape index (κ2) is 22.1. The Labute approximate surface area is 341 Å². The molecular weight excluding hydrogens is 790 g/mol. The molecule has 5 rings (SSSR count). The molecule has 9 heteroatoms. The Balaban J connectivity index is 0.000000891. The average molecular weight is 847 g/mol. The van der Waals surface area contributed by atoms with Crippen molar-refractivity contribution in [3.8, 4) is 22.6 Å². The topological polar surface area (TPSA) is 18.5 Å². The fraction of sp³-hybridized carbons (Fsp3) is 0.317. The van der Waals surface area contributed by atoms with Crippen molar-refractivity contribution in [2.45, 2.75) is 86.4 Å². The normalized spacial score (nSPS) is 12.7. The molecule has 3 aromatic carbocycles. The van der Waals surface area contributed by atoms with Crippen LogP contribution in [0.4, 0.5) is 0 Å². The second-order valence-electron chi connectivity index (χ2n) is 14.3. The summed E-state index contributed by atoms with van der Waals surface area (Å²) in [6, 6.07) is 25.8. The van der Waals surface area contributed by atoms with Crippen molar-refractivity contribution >= 4 is 70.5 Å². The Hall–Kier alpha value is -1.23. The number of allylic oxidation sites excluding steroid dienone is 8. The third-order valence-electron chi connectivity index (χ3n) is 9.06. The molecule has 0 amide bonds. The van der Waals surface area contributed by atoms with E-state index in [9.17, 15) is 0 Å². The Bertz CT molecular complexity index is 1740. The van der Waals surface area contributed by atoms with Crippen LogP contribution >= 0.6 is 49.6 Å². The minimum Gasteiger partial charge on any atom is -0.147 e. The first-order valence-electron chi connectivity index (χ1n) is 16.5. The van der Waals surface area contributed by atoms with Crippen LogP contribution in [-0.2, 0) is 35.6 Å². The molecule has 0 radical (unpaired) electrons. The zero-order valence-electron chi connectivity index (χ0n) is 31.3. The van der Waals surface area contributed by atoms with E-state index in [1.54, 1.807) is 0 Å². The molecule has 2 aliphatic carbocycles. The standard InChI is InChI=1S/C13H22OSi.C12H10O.2C5H5.2C3H6.4ClH.2Ti/c1-10-7-11(14)9-12(8-10)15(5,6)13(2,3)4;13-12-8-4-7-11(9-12)10-5-2-1-3-6-10;2*1-2-4-5-3-1;2*1-3-2;;;;;;/h7-9,14H,1-6H3;1-9,13H;2*1-3H,4H2;2*1-2H3;4*1H;;/q;;;;;;;;;;2*+1/p-2. The van der Waals surface area contributed by atoms with Crippen LogP contribution in [-0.4, -0.2) is 15.7 Å². The van der Waals surface area contributed by atoms with Crippen LogP contribution in [0.15, 0.2) is 117 Å². The summed E-state index contributed by atoms with van der Waals surface area (Å²) in [6.07, 6.45) is 15.4. The van der Waals surface area contributed by atoms with Crippen molar-refractivity contribution in [1.29, 1.82) is 0 Å². The maximum absolute atomic E-state index is 6.63. The molecule has 0 saturated heterocycles. The van der Waals surface area contributed by atoms with Gasteiger partial charge in [-0.15, -0.1) is 49.6 Å². The molecule has 0 N–H and O–H groups in total. The third kappa shape index (κ3) is 13.3. The molecule has 0 bridgehead atoms. The molecule has 0 heterocycles. The molecule has 3 aromatic rings. The number of halogens is 4. The van der Waals surface area contributed by atoms with Crippen molar-refractivity contribution in [3.63, 3.8) is 0 Å². The Morgan fingerprint density at radius 2 is 1.12 bits per heavy atom. The van der Waals surface area contributed by atoms with E-state index >= 15 is 0 Å². The van der Waals surface area contributed by atoms with E-state index in [4.69, 9.17) is 6.64 Å². The van der Waals surface area contributed by atoms with Gasteiger partial charge >= 0.3 is 295 Å². The summed E-state index contributed by atoms with van der Waals surface area (Å²) in [4.78, 5) is 0. The SMILES string of the molecule is C[C](C)=[Ti]([O]c1cc(C)cc([Si](C)(C)C(C)(C)C)c1)[C]1=CC=CC1.C[C](C)=[Ti]([O]c1cccc(-c2ccccc2)c1)[C]1=CC=CC1.Cl.Cl.Cl.Cl. The maximum atomic E-state index is 6.63. The van der Waals surface area contributed by atoms with Crippen LogP contribution in [0.1, 0.15) is 66.9 Å². The van der Waals surface area contributed by atoms with Gasteiger partial charge in [0.25, 0.3) is 0 Å². The average Bonchev–Trinajstić information content (AvgIpc) is 3.74. The molecule has 0 aromatic heterocycles. The molecule has 2 nitrogen and oxygen atoms in total. The van der Waals surface area contributed by atoms with Gasteiger partial charge in [-0.3, -0.25) is 0 Å². The van der Waals surface area contributed by atoms with Gasteiger partial charge in [0.15, 0.2) is 0 Å². The van der Waals surface area contributed by atoms with Crippen LogP contribution in [0, 0.1) is 6.92 Å². The van der Waals surface area contributed by atoms with Crippen LogP contribution in [0.2, 0.25) is 18.1 Å². The molecule has 2 aliphatic rings. The molecule has 0 unspecified atom stereocenters. The number of rotatable bonds is 8. The van der Waals surface area contributed by atoms with Crippen LogP contribution in [0.3, 0.4) is 0 Å². The number of hydrogen-bond acceptors (Lipinski definition) is 2. The summed E-state index contributed by atoms with van der Waals surface area (Å²) in [5, 5.41) is 1.84. The fourth-order valence-electron chi connectivity index (χ4n) is 5.41. The summed E-state index contributed by atoms with van der Waals surface area (Å²) < 4.78 is 19.0. The van der Waals surface area contributed by atoms with E-state index in [1.165, 1.54) is 37.3 Å². The Kier molecular flexibility index (Phi) is 21.5. The fourth-order valence-corrected chi connectivity index (χ4v) is 13.3. The van der Waals surface area contributed by atoms with E-state index in [-0.39, 0.29) is 49.6 Å². The number of benzene rings is 3. The van der Waals surface area contributed by atoms with Gasteiger partial charge in [-0.05, 0) is 0 Å². The minimum absolute atomic E-state index is 0. The first-order valence-corrected chi connectivity index (χ1v) is 23.9. The van der Waals surface area contributed by atoms with Gasteiger partial charge in [-0.1, -0.05) is 0 Å². The zero-order chi connectivity index (χ0) is 33.5. The summed E-state index contributed by atoms with van der Waals surface area (Å²) in [5.41, 5.74) is 3.76. The van der Waals surface area contributed by atoms with E-state index < -0.39 is 43.7 Å². The summed E-state index contributed by atoms with van der Waals surface area (Å²) >= 11 is -3.60. The number of hydrogen-bond donors (Lipinski definition) is 0. The Morgan fingerprint density at radius 1 is 0.620 bits per heavy atom. The predicted molar refractivity (Wildman–Crippen MR) is 227 cm³/mol. The molecule has 0 atom stereocenters. The summed E-state index contributed by atoms with van der Waals surface area (Å²) in [5.74, 6) is 2.07. The van der Waals surface area contributed by atoms with Gasteiger partial charge < -0.3 is 0 Å². The summed E-state index contributed by atoms with van der Waals surface area (Å²) in [6.45, 7) is 23.2. The number of aryl methyl sites for hydroxylation is 1. The quantitative estimate of drug-likeness (QED) is 0.210. The zero-order valence-corrected chi connectivity index (χ0v) is 38.6. The van der Waals surface area contributed by atoms with Crippen molar-refractivity contribution in [2.24, 2.45) is 0 Å². The molecule has 272 valence electrons. The van der Waals surface area contributed by atoms with Gasteiger partial charge in [0, 0.05) is 0 Å². The van der Waals surface area contributed by atoms with Crippen LogP contribution in [0.5, 0.6) is 11.5 Å². The van der Waals surface area contributed by atoms with E-state index in [2.05, 4.69) is 172 Å². The van der Waals surface area contributed by atoms with Gasteiger partial charge in [-0.2, -0.15) is 0 Å². The molecule has 0 aliphatic heterocycles. The molecule has 0 saturated carbocycles. The first kappa shape index (κ1) is 48.8. The van der Waals surface area contributed by atoms with Gasteiger partial charge in [-0.25, -0.2) is 0 Å². The maximum Gasteiger partial charge on any atom is -0.147 e. The van der Waals surface area contributed by atoms with E-state index in [0.717, 1.165) is 24.3 Å². The van der Waals surface area contributed by atoms with E-state index in [0.29, 0.717) is 5.04 Å². The van der Waals surface area contributed by atoms with Crippen molar-refractivity contribution in [1.82, 2.24) is 0 Å². The monoisotopic (exact) mass is 844 g/mol. The summed E-state index contributed by atoms with van der Waals surface area (Å²) in [7, 11) is -1.55. The van der Waals surface area contributed by atoms with E-state index in [1.807, 2.05) is 6.07 Å². The Morgan fingerprint density at radius 3 is 1.58 bits per heavy atom. The second-order valence-corrected chi connectivity index (χ2v) is 27.5. The molecule has 0 spiro atoms. The van der Waals surface area contributed by atoms with Gasteiger partial charge in [0.2, 0.25) is 0 Å². The van der Waals surface area contributed by atoms with Gasteiger partial charge in [0.05, 0.1) is 0 Å². The molecule has 0 fully saturated rings. The third-order valence-corrected chi connectivity index (χ3v) is 21.7. The van der Waals surface area contributed by atoms with Crippen LogP contribution < -0.4 is 11.8 Å². The van der Waals surface area contributed by atoms with Crippen molar-refractivity contribution < 1.29 is 42.2 Å². The first-order chi connectivity index (χ1) is 21.8. The van der Waals surface area contributed by atoms with Crippen molar-refractivity contribution in [2.75, 3.05) is 0 Å². The molecular formula is C41H56Cl4O2SiTi2. The van der Waals surface area contributed by atoms with Crippen molar-refractivity contribution in [3.05, 3.63) is 123 Å². The van der Waals surface area contributed by atoms with Gasteiger partial charge in [0.1, 0.15) is 0 Å². The minimum atomic E-state index is -1.81. The smallest absolute Gasteiger partial charge is 0.147 e. The largest absolute Gasteiger partial charge is 0.147 e. The van der Waals surface area contributed by atoms with Crippen LogP contribution in [0.25, 0.3) is 11.1 Å².